The molecular formula is C21H24BrClFN3O6S. The molecule has 186 valence electrons. The van der Waals surface area contributed by atoms with E-state index in [0.717, 1.165) is 25.5 Å². The highest BCUT2D eigenvalue weighted by molar-refractivity contribution is 9.10. The standard InChI is InChI=1S/C21H24BrClFN3O6S/c1-34(28,29)21-25-18-14-19(16(23)15(22)17(18)24)32-10-12(33-13-4-2-3-6-31-13)8-27(20(14)26-21)11-5-7-30-9-11/h11-13H,2-10H2,1H3. The van der Waals surface area contributed by atoms with Crippen molar-refractivity contribution in [2.75, 3.05) is 44.1 Å². The monoisotopic (exact) mass is 579 g/mol. The highest BCUT2D eigenvalue weighted by Crippen LogP contribution is 2.46. The van der Waals surface area contributed by atoms with Gasteiger partial charge >= 0.3 is 0 Å². The van der Waals surface area contributed by atoms with Crippen LogP contribution in [-0.4, -0.2) is 76.0 Å². The smallest absolute Gasteiger partial charge is 0.249 e. The van der Waals surface area contributed by atoms with Crippen molar-refractivity contribution in [2.24, 2.45) is 0 Å². The van der Waals surface area contributed by atoms with Crippen LogP contribution in [0.5, 0.6) is 5.75 Å². The maximum Gasteiger partial charge on any atom is 0.249 e. The van der Waals surface area contributed by atoms with Crippen molar-refractivity contribution < 1.29 is 31.8 Å². The van der Waals surface area contributed by atoms with Crippen molar-refractivity contribution in [1.29, 1.82) is 0 Å². The fourth-order valence-electron chi connectivity index (χ4n) is 4.46. The van der Waals surface area contributed by atoms with Crippen LogP contribution in [0.15, 0.2) is 9.63 Å². The highest BCUT2D eigenvalue weighted by Gasteiger charge is 2.36. The van der Waals surface area contributed by atoms with E-state index in [9.17, 15) is 8.42 Å². The molecule has 3 aliphatic heterocycles. The Hall–Kier alpha value is -1.31. The Labute approximate surface area is 209 Å². The number of hydrogen-bond acceptors (Lipinski definition) is 9. The van der Waals surface area contributed by atoms with Crippen molar-refractivity contribution in [3.63, 3.8) is 0 Å². The second-order valence-electron chi connectivity index (χ2n) is 8.63. The number of anilines is 1. The Balaban J connectivity index is 1.69. The first kappa shape index (κ1) is 24.4. The van der Waals surface area contributed by atoms with Crippen molar-refractivity contribution in [1.82, 2.24) is 9.97 Å². The third-order valence-corrected chi connectivity index (χ3v) is 8.31. The fourth-order valence-corrected chi connectivity index (χ4v) is 5.57. The second kappa shape index (κ2) is 9.62. The summed E-state index contributed by atoms with van der Waals surface area (Å²) in [5.74, 6) is -0.392. The van der Waals surface area contributed by atoms with Gasteiger partial charge in [-0.2, -0.15) is 0 Å². The Morgan fingerprint density at radius 1 is 1.21 bits per heavy atom. The molecule has 0 bridgehead atoms. The largest absolute Gasteiger partial charge is 0.488 e. The normalized spacial score (nSPS) is 25.8. The van der Waals surface area contributed by atoms with Gasteiger partial charge in [-0.3, -0.25) is 0 Å². The van der Waals surface area contributed by atoms with E-state index in [2.05, 4.69) is 25.9 Å². The van der Waals surface area contributed by atoms with E-state index < -0.39 is 26.9 Å². The molecule has 9 nitrogen and oxygen atoms in total. The zero-order valence-corrected chi connectivity index (χ0v) is 21.6. The lowest BCUT2D eigenvalue weighted by atomic mass is 10.1. The summed E-state index contributed by atoms with van der Waals surface area (Å²) < 4.78 is 63.8. The number of sulfone groups is 1. The minimum absolute atomic E-state index is 0.0131. The molecule has 34 heavy (non-hydrogen) atoms. The van der Waals surface area contributed by atoms with Crippen LogP contribution in [0.4, 0.5) is 10.2 Å². The first-order chi connectivity index (χ1) is 16.2. The second-order valence-corrected chi connectivity index (χ2v) is 11.7. The van der Waals surface area contributed by atoms with Gasteiger partial charge in [0.25, 0.3) is 0 Å². The van der Waals surface area contributed by atoms with Gasteiger partial charge in [-0.1, -0.05) is 11.6 Å². The lowest BCUT2D eigenvalue weighted by molar-refractivity contribution is -0.191. The lowest BCUT2D eigenvalue weighted by Crippen LogP contribution is -2.47. The molecule has 0 spiro atoms. The number of ether oxygens (including phenoxy) is 4. The van der Waals surface area contributed by atoms with E-state index in [-0.39, 0.29) is 50.9 Å². The third kappa shape index (κ3) is 4.60. The minimum atomic E-state index is -3.85. The van der Waals surface area contributed by atoms with E-state index in [1.54, 1.807) is 0 Å². The summed E-state index contributed by atoms with van der Waals surface area (Å²) >= 11 is 9.65. The van der Waals surface area contributed by atoms with Gasteiger partial charge in [0.2, 0.25) is 15.0 Å². The summed E-state index contributed by atoms with van der Waals surface area (Å²) in [5.41, 5.74) is -0.185. The van der Waals surface area contributed by atoms with Gasteiger partial charge in [0.1, 0.15) is 29.1 Å². The van der Waals surface area contributed by atoms with Crippen molar-refractivity contribution >= 4 is 54.1 Å². The molecule has 0 amide bonds. The third-order valence-electron chi connectivity index (χ3n) is 6.14. The maximum atomic E-state index is 15.3. The number of benzene rings is 1. The highest BCUT2D eigenvalue weighted by atomic mass is 79.9. The predicted molar refractivity (Wildman–Crippen MR) is 126 cm³/mol. The SMILES string of the molecule is CS(=O)(=O)c1nc2c3c(c(Cl)c(Br)c(F)c3n1)OCC(OC1CCCCO1)CN2C1CCOC1. The number of rotatable bonds is 4. The van der Waals surface area contributed by atoms with Crippen molar-refractivity contribution in [2.45, 2.75) is 49.3 Å². The zero-order chi connectivity index (χ0) is 24.0. The molecule has 0 radical (unpaired) electrons. The molecule has 5 rings (SSSR count). The molecule has 2 aromatic rings. The number of halogens is 3. The van der Waals surface area contributed by atoms with Gasteiger partial charge in [-0.15, -0.1) is 0 Å². The van der Waals surface area contributed by atoms with Crippen molar-refractivity contribution in [3.05, 3.63) is 15.3 Å². The lowest BCUT2D eigenvalue weighted by Gasteiger charge is -2.37. The molecule has 2 saturated heterocycles. The summed E-state index contributed by atoms with van der Waals surface area (Å²) in [6.07, 6.45) is 3.63. The van der Waals surface area contributed by atoms with Crippen LogP contribution in [0, 0.1) is 5.82 Å². The fraction of sp³-hybridized carbons (Fsp3) is 0.619. The van der Waals surface area contributed by atoms with E-state index >= 15 is 4.39 Å². The molecule has 3 aliphatic rings. The van der Waals surface area contributed by atoms with Crippen LogP contribution >= 0.6 is 27.5 Å². The Bertz CT molecular complexity index is 1210. The Morgan fingerprint density at radius 3 is 2.71 bits per heavy atom. The van der Waals surface area contributed by atoms with Gasteiger partial charge in [-0.05, 0) is 41.6 Å². The molecule has 1 aromatic heterocycles. The van der Waals surface area contributed by atoms with E-state index in [1.807, 2.05) is 4.90 Å². The van der Waals surface area contributed by atoms with Crippen LogP contribution < -0.4 is 9.64 Å². The van der Waals surface area contributed by atoms with E-state index in [0.29, 0.717) is 32.8 Å². The topological polar surface area (TPSA) is 100 Å². The van der Waals surface area contributed by atoms with E-state index in [1.165, 1.54) is 0 Å². The summed E-state index contributed by atoms with van der Waals surface area (Å²) in [5, 5.41) is -0.247. The summed E-state index contributed by atoms with van der Waals surface area (Å²) in [4.78, 5) is 10.3. The quantitative estimate of drug-likeness (QED) is 0.397. The first-order valence-corrected chi connectivity index (χ1v) is 14.1. The minimum Gasteiger partial charge on any atom is -0.488 e. The average molecular weight is 581 g/mol. The zero-order valence-electron chi connectivity index (χ0n) is 18.4. The van der Waals surface area contributed by atoms with Crippen LogP contribution in [-0.2, 0) is 24.0 Å². The maximum absolute atomic E-state index is 15.3. The Kier molecular flexibility index (Phi) is 6.90. The molecule has 13 heteroatoms. The summed E-state index contributed by atoms with van der Waals surface area (Å²) in [6, 6.07) is -0.125. The molecule has 3 atom stereocenters. The molecule has 0 N–H and O–H groups in total. The van der Waals surface area contributed by atoms with Crippen LogP contribution in [0.25, 0.3) is 10.9 Å². The molecule has 3 unspecified atom stereocenters. The predicted octanol–water partition coefficient (Wildman–Crippen LogP) is 3.49. The molecule has 0 saturated carbocycles. The van der Waals surface area contributed by atoms with Gasteiger partial charge in [0.15, 0.2) is 17.9 Å². The average Bonchev–Trinajstić information content (AvgIpc) is 3.33. The van der Waals surface area contributed by atoms with Gasteiger partial charge in [0, 0.05) is 26.0 Å². The van der Waals surface area contributed by atoms with Crippen LogP contribution in [0.1, 0.15) is 25.7 Å². The molecule has 4 heterocycles. The van der Waals surface area contributed by atoms with E-state index in [4.69, 9.17) is 30.5 Å². The first-order valence-electron chi connectivity index (χ1n) is 11.1. The van der Waals surface area contributed by atoms with Gasteiger partial charge in [-0.25, -0.2) is 22.8 Å². The van der Waals surface area contributed by atoms with Crippen molar-refractivity contribution in [3.8, 4) is 5.75 Å². The molecular weight excluding hydrogens is 557 g/mol. The summed E-state index contributed by atoms with van der Waals surface area (Å²) in [7, 11) is -3.85. The number of nitrogens with zero attached hydrogens (tertiary/aromatic N) is 3. The summed E-state index contributed by atoms with van der Waals surface area (Å²) in [6.45, 7) is 2.03. The van der Waals surface area contributed by atoms with Gasteiger partial charge in [0.05, 0.1) is 22.5 Å². The van der Waals surface area contributed by atoms with Crippen LogP contribution in [0.3, 0.4) is 0 Å². The molecule has 0 aliphatic carbocycles. The Morgan fingerprint density at radius 2 is 2.03 bits per heavy atom. The number of hydrogen-bond donors (Lipinski definition) is 0. The number of aromatic nitrogens is 2. The molecule has 1 aromatic carbocycles. The van der Waals surface area contributed by atoms with Crippen LogP contribution in [0.2, 0.25) is 5.02 Å². The van der Waals surface area contributed by atoms with Gasteiger partial charge < -0.3 is 23.8 Å². The molecule has 2 fully saturated rings.